The third-order valence-corrected chi connectivity index (χ3v) is 2.82. The van der Waals surface area contributed by atoms with Crippen LogP contribution in [0.25, 0.3) is 11.1 Å². The number of rotatable bonds is 5. The van der Waals surface area contributed by atoms with E-state index in [-0.39, 0.29) is 6.29 Å². The Kier molecular flexibility index (Phi) is 4.51. The van der Waals surface area contributed by atoms with Gasteiger partial charge in [0.05, 0.1) is 0 Å². The van der Waals surface area contributed by atoms with Crippen LogP contribution >= 0.6 is 0 Å². The van der Waals surface area contributed by atoms with Crippen molar-refractivity contribution >= 4 is 0 Å². The zero-order valence-electron chi connectivity index (χ0n) is 10.8. The molecule has 2 rings (SSSR count). The second kappa shape index (κ2) is 6.34. The van der Waals surface area contributed by atoms with Crippen molar-refractivity contribution in [3.63, 3.8) is 0 Å². The molecule has 94 valence electrons. The van der Waals surface area contributed by atoms with Gasteiger partial charge in [-0.1, -0.05) is 54.6 Å². The maximum atomic E-state index is 5.50. The lowest BCUT2D eigenvalue weighted by Gasteiger charge is -2.15. The molecule has 18 heavy (non-hydrogen) atoms. The summed E-state index contributed by atoms with van der Waals surface area (Å²) in [5.74, 6) is 0. The topological polar surface area (TPSA) is 18.5 Å². The molecule has 1 atom stereocenters. The predicted octanol–water partition coefficient (Wildman–Crippen LogP) is 4.04. The minimum atomic E-state index is -0.278. The second-order valence-corrected chi connectivity index (χ2v) is 4.01. The molecule has 0 saturated carbocycles. The summed E-state index contributed by atoms with van der Waals surface area (Å²) >= 11 is 0. The van der Waals surface area contributed by atoms with Gasteiger partial charge in [-0.2, -0.15) is 0 Å². The van der Waals surface area contributed by atoms with E-state index >= 15 is 0 Å². The Labute approximate surface area is 108 Å². The molecular formula is C16H18O2. The van der Waals surface area contributed by atoms with Crippen molar-refractivity contribution in [2.45, 2.75) is 13.2 Å². The van der Waals surface area contributed by atoms with Crippen molar-refractivity contribution < 1.29 is 9.47 Å². The third kappa shape index (κ3) is 2.97. The van der Waals surface area contributed by atoms with E-state index in [2.05, 4.69) is 24.3 Å². The molecule has 0 fully saturated rings. The van der Waals surface area contributed by atoms with Crippen LogP contribution in [0.1, 0.15) is 18.8 Å². The van der Waals surface area contributed by atoms with E-state index in [1.54, 1.807) is 7.11 Å². The SMILES string of the molecule is CCOC(OC)c1ccc(-c2ccccc2)cc1. The van der Waals surface area contributed by atoms with Gasteiger partial charge in [0, 0.05) is 19.3 Å². The molecule has 2 aromatic carbocycles. The van der Waals surface area contributed by atoms with Crippen LogP contribution in [0.5, 0.6) is 0 Å². The number of methoxy groups -OCH3 is 1. The van der Waals surface area contributed by atoms with Crippen LogP contribution in [0.15, 0.2) is 54.6 Å². The normalized spacial score (nSPS) is 12.3. The first-order valence-corrected chi connectivity index (χ1v) is 6.15. The third-order valence-electron chi connectivity index (χ3n) is 2.82. The summed E-state index contributed by atoms with van der Waals surface area (Å²) in [6.07, 6.45) is -0.278. The molecule has 0 aliphatic carbocycles. The van der Waals surface area contributed by atoms with Gasteiger partial charge in [-0.05, 0) is 18.1 Å². The highest BCUT2D eigenvalue weighted by atomic mass is 16.7. The van der Waals surface area contributed by atoms with Gasteiger partial charge in [0.2, 0.25) is 0 Å². The fourth-order valence-electron chi connectivity index (χ4n) is 1.92. The Balaban J connectivity index is 2.19. The molecule has 0 heterocycles. The number of hydrogen-bond donors (Lipinski definition) is 0. The molecule has 0 aliphatic heterocycles. The molecular weight excluding hydrogens is 224 g/mol. The van der Waals surface area contributed by atoms with Crippen LogP contribution < -0.4 is 0 Å². The molecule has 0 aliphatic rings. The van der Waals surface area contributed by atoms with Crippen molar-refractivity contribution in [3.05, 3.63) is 60.2 Å². The predicted molar refractivity (Wildman–Crippen MR) is 73.3 cm³/mol. The quantitative estimate of drug-likeness (QED) is 0.737. The van der Waals surface area contributed by atoms with E-state index in [0.29, 0.717) is 6.61 Å². The maximum absolute atomic E-state index is 5.50. The summed E-state index contributed by atoms with van der Waals surface area (Å²) < 4.78 is 10.8. The van der Waals surface area contributed by atoms with E-state index in [1.807, 2.05) is 37.3 Å². The molecule has 0 saturated heterocycles. The van der Waals surface area contributed by atoms with Crippen LogP contribution in [0.4, 0.5) is 0 Å². The molecule has 2 heteroatoms. The van der Waals surface area contributed by atoms with Crippen LogP contribution in [0.2, 0.25) is 0 Å². The van der Waals surface area contributed by atoms with Crippen molar-refractivity contribution in [1.82, 2.24) is 0 Å². The molecule has 1 unspecified atom stereocenters. The standard InChI is InChI=1S/C16H18O2/c1-3-18-16(17-2)15-11-9-14(10-12-15)13-7-5-4-6-8-13/h4-12,16H,3H2,1-2H3. The molecule has 0 amide bonds. The fraction of sp³-hybridized carbons (Fsp3) is 0.250. The van der Waals surface area contributed by atoms with Crippen molar-refractivity contribution in [2.75, 3.05) is 13.7 Å². The lowest BCUT2D eigenvalue weighted by molar-refractivity contribution is -0.124. The van der Waals surface area contributed by atoms with Gasteiger partial charge >= 0.3 is 0 Å². The Bertz CT molecular complexity index is 462. The minimum absolute atomic E-state index is 0.278. The largest absolute Gasteiger partial charge is 0.352 e. The monoisotopic (exact) mass is 242 g/mol. The minimum Gasteiger partial charge on any atom is -0.352 e. The van der Waals surface area contributed by atoms with Crippen molar-refractivity contribution in [2.24, 2.45) is 0 Å². The Morgan fingerprint density at radius 1 is 0.889 bits per heavy atom. The van der Waals surface area contributed by atoms with Crippen LogP contribution in [-0.4, -0.2) is 13.7 Å². The van der Waals surface area contributed by atoms with Crippen molar-refractivity contribution in [3.8, 4) is 11.1 Å². The highest BCUT2D eigenvalue weighted by Crippen LogP contribution is 2.23. The molecule has 2 nitrogen and oxygen atoms in total. The van der Waals surface area contributed by atoms with E-state index < -0.39 is 0 Å². The van der Waals surface area contributed by atoms with E-state index in [9.17, 15) is 0 Å². The van der Waals surface area contributed by atoms with Crippen LogP contribution in [0, 0.1) is 0 Å². The summed E-state index contributed by atoms with van der Waals surface area (Å²) in [5.41, 5.74) is 3.46. The summed E-state index contributed by atoms with van der Waals surface area (Å²) in [5, 5.41) is 0. The average molecular weight is 242 g/mol. The van der Waals surface area contributed by atoms with E-state index in [4.69, 9.17) is 9.47 Å². The number of ether oxygens (including phenoxy) is 2. The first kappa shape index (κ1) is 12.8. The van der Waals surface area contributed by atoms with E-state index in [1.165, 1.54) is 11.1 Å². The summed E-state index contributed by atoms with van der Waals surface area (Å²) in [4.78, 5) is 0. The van der Waals surface area contributed by atoms with Gasteiger partial charge in [0.25, 0.3) is 0 Å². The second-order valence-electron chi connectivity index (χ2n) is 4.01. The zero-order valence-corrected chi connectivity index (χ0v) is 10.8. The Morgan fingerprint density at radius 2 is 1.50 bits per heavy atom. The molecule has 0 spiro atoms. The average Bonchev–Trinajstić information content (AvgIpc) is 2.46. The lowest BCUT2D eigenvalue weighted by Crippen LogP contribution is -2.06. The van der Waals surface area contributed by atoms with Gasteiger partial charge in [0.1, 0.15) is 0 Å². The highest BCUT2D eigenvalue weighted by molar-refractivity contribution is 5.63. The lowest BCUT2D eigenvalue weighted by atomic mass is 10.0. The first-order valence-electron chi connectivity index (χ1n) is 6.15. The molecule has 0 bridgehead atoms. The Morgan fingerprint density at radius 3 is 2.06 bits per heavy atom. The van der Waals surface area contributed by atoms with E-state index in [0.717, 1.165) is 5.56 Å². The van der Waals surface area contributed by atoms with Gasteiger partial charge in [-0.25, -0.2) is 0 Å². The smallest absolute Gasteiger partial charge is 0.183 e. The Hall–Kier alpha value is -1.64. The molecule has 0 N–H and O–H groups in total. The molecule has 0 aromatic heterocycles. The highest BCUT2D eigenvalue weighted by Gasteiger charge is 2.09. The van der Waals surface area contributed by atoms with Crippen LogP contribution in [-0.2, 0) is 9.47 Å². The van der Waals surface area contributed by atoms with Gasteiger partial charge in [-0.15, -0.1) is 0 Å². The van der Waals surface area contributed by atoms with Crippen LogP contribution in [0.3, 0.4) is 0 Å². The summed E-state index contributed by atoms with van der Waals surface area (Å²) in [6.45, 7) is 2.60. The first-order chi connectivity index (χ1) is 8.85. The van der Waals surface area contributed by atoms with Gasteiger partial charge in [0.15, 0.2) is 6.29 Å². The van der Waals surface area contributed by atoms with Crippen molar-refractivity contribution in [1.29, 1.82) is 0 Å². The molecule has 0 radical (unpaired) electrons. The zero-order chi connectivity index (χ0) is 12.8. The molecule has 2 aromatic rings. The maximum Gasteiger partial charge on any atom is 0.183 e. The summed E-state index contributed by atoms with van der Waals surface area (Å²) in [7, 11) is 1.66. The van der Waals surface area contributed by atoms with Gasteiger partial charge < -0.3 is 9.47 Å². The summed E-state index contributed by atoms with van der Waals surface area (Å²) in [6, 6.07) is 18.6. The number of hydrogen-bond acceptors (Lipinski definition) is 2. The number of benzene rings is 2. The fourth-order valence-corrected chi connectivity index (χ4v) is 1.92. The van der Waals surface area contributed by atoms with Gasteiger partial charge in [-0.3, -0.25) is 0 Å².